The minimum Gasteiger partial charge on any atom is -0.464 e. The Bertz CT molecular complexity index is 688. The van der Waals surface area contributed by atoms with Gasteiger partial charge in [0.1, 0.15) is 0 Å². The zero-order valence-electron chi connectivity index (χ0n) is 13.1. The summed E-state index contributed by atoms with van der Waals surface area (Å²) in [7, 11) is 0. The monoisotopic (exact) mass is 330 g/mol. The van der Waals surface area contributed by atoms with Crippen LogP contribution in [0.3, 0.4) is 0 Å². The number of carbonyl (C=O) groups excluding carboxylic acids is 1. The van der Waals surface area contributed by atoms with E-state index in [1.54, 1.807) is 19.1 Å². The summed E-state index contributed by atoms with van der Waals surface area (Å²) in [5.41, 5.74) is 1.16. The molecule has 0 aliphatic carbocycles. The number of anilines is 1. The predicted octanol–water partition coefficient (Wildman–Crippen LogP) is 2.67. The lowest BCUT2D eigenvalue weighted by molar-refractivity contribution is -0.384. The number of esters is 1. The minimum absolute atomic E-state index is 0.0668. The van der Waals surface area contributed by atoms with Crippen LogP contribution in [0, 0.1) is 10.1 Å². The highest BCUT2D eigenvalue weighted by Crippen LogP contribution is 2.25. The average Bonchev–Trinajstić information content (AvgIpc) is 2.60. The van der Waals surface area contributed by atoms with Crippen LogP contribution in [0.15, 0.2) is 54.6 Å². The molecule has 0 fully saturated rings. The van der Waals surface area contributed by atoms with Crippen molar-refractivity contribution in [3.8, 4) is 0 Å². The normalized spacial score (nSPS) is 12.9. The smallest absolute Gasteiger partial charge is 0.337 e. The van der Waals surface area contributed by atoms with Gasteiger partial charge in [-0.1, -0.05) is 30.3 Å². The van der Waals surface area contributed by atoms with Crippen LogP contribution in [0.2, 0.25) is 0 Å². The van der Waals surface area contributed by atoms with Crippen LogP contribution in [-0.4, -0.2) is 28.7 Å². The number of hydrogen-bond acceptors (Lipinski definition) is 6. The summed E-state index contributed by atoms with van der Waals surface area (Å²) in [6.07, 6.45) is -1.45. The molecule has 24 heavy (non-hydrogen) atoms. The highest BCUT2D eigenvalue weighted by atomic mass is 16.6. The first kappa shape index (κ1) is 17.4. The van der Waals surface area contributed by atoms with E-state index >= 15 is 0 Å². The van der Waals surface area contributed by atoms with Gasteiger partial charge in [0.2, 0.25) is 0 Å². The number of rotatable bonds is 7. The minimum atomic E-state index is -1.45. The lowest BCUT2D eigenvalue weighted by Crippen LogP contribution is -2.34. The third-order valence-corrected chi connectivity index (χ3v) is 3.40. The molecule has 0 saturated heterocycles. The van der Waals surface area contributed by atoms with Crippen molar-refractivity contribution in [3.63, 3.8) is 0 Å². The number of nitro benzene ring substituents is 1. The maximum absolute atomic E-state index is 11.9. The third kappa shape index (κ3) is 4.30. The number of aliphatic hydroxyl groups is 1. The number of non-ortho nitro benzene ring substituents is 1. The molecular formula is C17H18N2O5. The lowest BCUT2D eigenvalue weighted by atomic mass is 10.0. The Labute approximate surface area is 139 Å². The van der Waals surface area contributed by atoms with Crippen LogP contribution in [-0.2, 0) is 9.53 Å². The molecular weight excluding hydrogens is 312 g/mol. The SMILES string of the molecule is CCOC(=O)C(O)C(Nc1ccccc1)c1ccc([N+](=O)[O-])cc1. The summed E-state index contributed by atoms with van der Waals surface area (Å²) in [6, 6.07) is 13.9. The van der Waals surface area contributed by atoms with E-state index in [2.05, 4.69) is 5.32 Å². The van der Waals surface area contributed by atoms with Crippen LogP contribution in [0.1, 0.15) is 18.5 Å². The van der Waals surface area contributed by atoms with E-state index < -0.39 is 23.0 Å². The summed E-state index contributed by atoms with van der Waals surface area (Å²) in [4.78, 5) is 22.2. The molecule has 2 N–H and O–H groups in total. The molecule has 0 aromatic heterocycles. The first-order valence-corrected chi connectivity index (χ1v) is 7.43. The van der Waals surface area contributed by atoms with Crippen molar-refractivity contribution >= 4 is 17.3 Å². The maximum Gasteiger partial charge on any atom is 0.337 e. The molecule has 2 aromatic rings. The molecule has 126 valence electrons. The van der Waals surface area contributed by atoms with Crippen LogP contribution >= 0.6 is 0 Å². The van der Waals surface area contributed by atoms with Crippen LogP contribution in [0.5, 0.6) is 0 Å². The van der Waals surface area contributed by atoms with Gasteiger partial charge in [0, 0.05) is 17.8 Å². The van der Waals surface area contributed by atoms with Gasteiger partial charge < -0.3 is 15.2 Å². The van der Waals surface area contributed by atoms with Gasteiger partial charge in [0.25, 0.3) is 5.69 Å². The standard InChI is InChI=1S/C17H18N2O5/c1-2-24-17(21)16(20)15(18-13-6-4-3-5-7-13)12-8-10-14(11-9-12)19(22)23/h3-11,15-16,18,20H,2H2,1H3. The zero-order chi connectivity index (χ0) is 17.5. The number of benzene rings is 2. The second-order valence-electron chi connectivity index (χ2n) is 5.03. The van der Waals surface area contributed by atoms with Gasteiger partial charge in [-0.3, -0.25) is 10.1 Å². The van der Waals surface area contributed by atoms with E-state index in [0.717, 1.165) is 0 Å². The number of para-hydroxylation sites is 1. The summed E-state index contributed by atoms with van der Waals surface area (Å²) >= 11 is 0. The van der Waals surface area contributed by atoms with Crippen LogP contribution < -0.4 is 5.32 Å². The highest BCUT2D eigenvalue weighted by molar-refractivity contribution is 5.76. The number of ether oxygens (including phenoxy) is 1. The van der Waals surface area contributed by atoms with Crippen LogP contribution in [0.25, 0.3) is 0 Å². The molecule has 0 saturated carbocycles. The number of nitrogens with one attached hydrogen (secondary N) is 1. The number of carbonyl (C=O) groups is 1. The Morgan fingerprint density at radius 3 is 2.38 bits per heavy atom. The lowest BCUT2D eigenvalue weighted by Gasteiger charge is -2.24. The third-order valence-electron chi connectivity index (χ3n) is 3.40. The van der Waals surface area contributed by atoms with Crippen molar-refractivity contribution in [2.24, 2.45) is 0 Å². The first-order valence-electron chi connectivity index (χ1n) is 7.43. The Balaban J connectivity index is 2.30. The zero-order valence-corrected chi connectivity index (χ0v) is 13.1. The molecule has 0 bridgehead atoms. The highest BCUT2D eigenvalue weighted by Gasteiger charge is 2.29. The maximum atomic E-state index is 11.9. The van der Waals surface area contributed by atoms with Crippen LogP contribution in [0.4, 0.5) is 11.4 Å². The van der Waals surface area contributed by atoms with Gasteiger partial charge in [-0.2, -0.15) is 0 Å². The van der Waals surface area contributed by atoms with Gasteiger partial charge in [-0.05, 0) is 24.6 Å². The summed E-state index contributed by atoms with van der Waals surface area (Å²) in [5.74, 6) is -0.760. The second-order valence-corrected chi connectivity index (χ2v) is 5.03. The van der Waals surface area contributed by atoms with Gasteiger partial charge in [0.15, 0.2) is 6.10 Å². The Morgan fingerprint density at radius 1 is 1.21 bits per heavy atom. The van der Waals surface area contributed by atoms with Crippen molar-refractivity contribution in [2.45, 2.75) is 19.1 Å². The van der Waals surface area contributed by atoms with Crippen molar-refractivity contribution in [1.29, 1.82) is 0 Å². The van der Waals surface area contributed by atoms with E-state index in [1.807, 2.05) is 18.2 Å². The number of hydrogen-bond donors (Lipinski definition) is 2. The summed E-state index contributed by atoms with van der Waals surface area (Å²) in [5, 5.41) is 24.2. The first-order chi connectivity index (χ1) is 11.5. The van der Waals surface area contributed by atoms with Crippen molar-refractivity contribution in [3.05, 3.63) is 70.3 Å². The van der Waals surface area contributed by atoms with E-state index in [9.17, 15) is 20.0 Å². The fourth-order valence-electron chi connectivity index (χ4n) is 2.23. The average molecular weight is 330 g/mol. The Hall–Kier alpha value is -2.93. The fraction of sp³-hybridized carbons (Fsp3) is 0.235. The van der Waals surface area contributed by atoms with E-state index in [4.69, 9.17) is 4.74 Å². The van der Waals surface area contributed by atoms with Gasteiger partial charge in [-0.25, -0.2) is 4.79 Å². The molecule has 2 unspecified atom stereocenters. The van der Waals surface area contributed by atoms with Crippen molar-refractivity contribution < 1.29 is 19.6 Å². The number of aliphatic hydroxyl groups excluding tert-OH is 1. The molecule has 2 atom stereocenters. The molecule has 2 aromatic carbocycles. The number of nitrogens with zero attached hydrogens (tertiary/aromatic N) is 1. The molecule has 0 amide bonds. The molecule has 0 spiro atoms. The second kappa shape index (κ2) is 8.07. The van der Waals surface area contributed by atoms with Gasteiger partial charge in [0.05, 0.1) is 17.6 Å². The molecule has 2 rings (SSSR count). The molecule has 0 aliphatic heterocycles. The quantitative estimate of drug-likeness (QED) is 0.460. The van der Waals surface area contributed by atoms with E-state index in [1.165, 1.54) is 24.3 Å². The molecule has 0 heterocycles. The Kier molecular flexibility index (Phi) is 5.86. The van der Waals surface area contributed by atoms with E-state index in [0.29, 0.717) is 11.3 Å². The summed E-state index contributed by atoms with van der Waals surface area (Å²) < 4.78 is 4.87. The Morgan fingerprint density at radius 2 is 1.83 bits per heavy atom. The predicted molar refractivity (Wildman–Crippen MR) is 88.5 cm³/mol. The van der Waals surface area contributed by atoms with Crippen molar-refractivity contribution in [1.82, 2.24) is 0 Å². The van der Waals surface area contributed by atoms with E-state index in [-0.39, 0.29) is 12.3 Å². The van der Waals surface area contributed by atoms with Gasteiger partial charge >= 0.3 is 5.97 Å². The largest absolute Gasteiger partial charge is 0.464 e. The van der Waals surface area contributed by atoms with Gasteiger partial charge in [-0.15, -0.1) is 0 Å². The fourth-order valence-corrected chi connectivity index (χ4v) is 2.23. The molecule has 0 aliphatic rings. The molecule has 7 heteroatoms. The molecule has 0 radical (unpaired) electrons. The summed E-state index contributed by atoms with van der Waals surface area (Å²) in [6.45, 7) is 1.80. The number of nitro groups is 1. The molecule has 7 nitrogen and oxygen atoms in total. The topological polar surface area (TPSA) is 102 Å². The van der Waals surface area contributed by atoms with Crippen molar-refractivity contribution in [2.75, 3.05) is 11.9 Å².